The molecule has 0 fully saturated rings. The SMILES string of the molecule is CC(C)N(CC(=O)O)c1ncnc2c1CCC2. The number of carbonyl (C=O) groups is 1. The highest BCUT2D eigenvalue weighted by Crippen LogP contribution is 2.28. The third kappa shape index (κ3) is 2.38. The number of carboxylic acid groups (broad SMARTS) is 1. The van der Waals surface area contributed by atoms with Crippen LogP contribution in [0.5, 0.6) is 0 Å². The molecule has 1 aromatic heterocycles. The maximum absolute atomic E-state index is 10.9. The predicted molar refractivity (Wildman–Crippen MR) is 64.2 cm³/mol. The summed E-state index contributed by atoms with van der Waals surface area (Å²) in [4.78, 5) is 21.3. The zero-order valence-electron chi connectivity index (χ0n) is 10.2. The fourth-order valence-corrected chi connectivity index (χ4v) is 2.24. The molecule has 0 amide bonds. The number of aryl methyl sites for hydroxylation is 1. The van der Waals surface area contributed by atoms with Crippen LogP contribution in [-0.4, -0.2) is 33.6 Å². The third-order valence-corrected chi connectivity index (χ3v) is 3.05. The Bertz CT molecular complexity index is 432. The normalized spacial score (nSPS) is 13.8. The van der Waals surface area contributed by atoms with Crippen LogP contribution in [0.3, 0.4) is 0 Å². The summed E-state index contributed by atoms with van der Waals surface area (Å²) >= 11 is 0. The summed E-state index contributed by atoms with van der Waals surface area (Å²) in [5, 5.41) is 8.96. The zero-order valence-corrected chi connectivity index (χ0v) is 10.2. The highest BCUT2D eigenvalue weighted by atomic mass is 16.4. The second-order valence-electron chi connectivity index (χ2n) is 4.59. The number of anilines is 1. The molecule has 92 valence electrons. The molecule has 1 heterocycles. The first kappa shape index (κ1) is 11.8. The molecule has 0 bridgehead atoms. The molecule has 2 rings (SSSR count). The molecule has 0 unspecified atom stereocenters. The highest BCUT2D eigenvalue weighted by molar-refractivity contribution is 5.74. The molecule has 5 nitrogen and oxygen atoms in total. The summed E-state index contributed by atoms with van der Waals surface area (Å²) in [5.74, 6) is -0.0334. The van der Waals surface area contributed by atoms with Gasteiger partial charge in [0.1, 0.15) is 18.7 Å². The van der Waals surface area contributed by atoms with Crippen molar-refractivity contribution in [3.63, 3.8) is 0 Å². The van der Waals surface area contributed by atoms with Gasteiger partial charge >= 0.3 is 5.97 Å². The van der Waals surface area contributed by atoms with Gasteiger partial charge in [-0.2, -0.15) is 0 Å². The van der Waals surface area contributed by atoms with Gasteiger partial charge in [-0.1, -0.05) is 0 Å². The second kappa shape index (κ2) is 4.69. The van der Waals surface area contributed by atoms with E-state index in [9.17, 15) is 4.79 Å². The fourth-order valence-electron chi connectivity index (χ4n) is 2.24. The first-order valence-electron chi connectivity index (χ1n) is 5.90. The van der Waals surface area contributed by atoms with Crippen LogP contribution in [0.1, 0.15) is 31.5 Å². The number of aromatic nitrogens is 2. The van der Waals surface area contributed by atoms with Crippen LogP contribution in [-0.2, 0) is 17.6 Å². The van der Waals surface area contributed by atoms with Gasteiger partial charge < -0.3 is 10.0 Å². The number of nitrogens with zero attached hydrogens (tertiary/aromatic N) is 3. The molecule has 0 aliphatic heterocycles. The lowest BCUT2D eigenvalue weighted by atomic mass is 10.2. The Morgan fingerprint density at radius 3 is 2.88 bits per heavy atom. The Morgan fingerprint density at radius 1 is 1.47 bits per heavy atom. The summed E-state index contributed by atoms with van der Waals surface area (Å²) < 4.78 is 0. The van der Waals surface area contributed by atoms with Gasteiger partial charge in [-0.05, 0) is 33.1 Å². The quantitative estimate of drug-likeness (QED) is 0.851. The van der Waals surface area contributed by atoms with Crippen molar-refractivity contribution in [2.75, 3.05) is 11.4 Å². The minimum absolute atomic E-state index is 0.0128. The summed E-state index contributed by atoms with van der Waals surface area (Å²) in [6.07, 6.45) is 4.55. The average molecular weight is 235 g/mol. The van der Waals surface area contributed by atoms with Crippen molar-refractivity contribution in [3.05, 3.63) is 17.6 Å². The lowest BCUT2D eigenvalue weighted by Crippen LogP contribution is -2.37. The first-order chi connectivity index (χ1) is 8.09. The molecular formula is C12H17N3O2. The lowest BCUT2D eigenvalue weighted by Gasteiger charge is -2.27. The molecule has 1 aliphatic rings. The van der Waals surface area contributed by atoms with Crippen LogP contribution in [0.2, 0.25) is 0 Å². The van der Waals surface area contributed by atoms with E-state index in [4.69, 9.17) is 5.11 Å². The summed E-state index contributed by atoms with van der Waals surface area (Å²) in [6, 6.07) is 0.116. The van der Waals surface area contributed by atoms with Gasteiger partial charge in [0, 0.05) is 17.3 Å². The van der Waals surface area contributed by atoms with E-state index < -0.39 is 5.97 Å². The Balaban J connectivity index is 2.36. The molecule has 1 aromatic rings. The van der Waals surface area contributed by atoms with Gasteiger partial charge in [0.15, 0.2) is 0 Å². The van der Waals surface area contributed by atoms with Gasteiger partial charge in [0.05, 0.1) is 0 Å². The molecule has 0 aromatic carbocycles. The van der Waals surface area contributed by atoms with E-state index >= 15 is 0 Å². The molecule has 0 atom stereocenters. The van der Waals surface area contributed by atoms with Gasteiger partial charge in [0.2, 0.25) is 0 Å². The van der Waals surface area contributed by atoms with Crippen LogP contribution < -0.4 is 4.90 Å². The van der Waals surface area contributed by atoms with Crippen LogP contribution in [0, 0.1) is 0 Å². The zero-order chi connectivity index (χ0) is 12.4. The van der Waals surface area contributed by atoms with E-state index in [1.807, 2.05) is 18.7 Å². The minimum atomic E-state index is -0.830. The Morgan fingerprint density at radius 2 is 2.24 bits per heavy atom. The van der Waals surface area contributed by atoms with Crippen LogP contribution in [0.15, 0.2) is 6.33 Å². The number of aliphatic carboxylic acids is 1. The fraction of sp³-hybridized carbons (Fsp3) is 0.583. The van der Waals surface area contributed by atoms with Crippen LogP contribution in [0.4, 0.5) is 5.82 Å². The molecule has 0 radical (unpaired) electrons. The molecular weight excluding hydrogens is 218 g/mol. The minimum Gasteiger partial charge on any atom is -0.480 e. The van der Waals surface area contributed by atoms with Crippen molar-refractivity contribution in [1.82, 2.24) is 9.97 Å². The van der Waals surface area contributed by atoms with Gasteiger partial charge in [-0.3, -0.25) is 4.79 Å². The Kier molecular flexibility index (Phi) is 3.26. The van der Waals surface area contributed by atoms with E-state index in [1.54, 1.807) is 0 Å². The molecule has 1 N–H and O–H groups in total. The topological polar surface area (TPSA) is 66.3 Å². The number of rotatable bonds is 4. The maximum atomic E-state index is 10.9. The smallest absolute Gasteiger partial charge is 0.323 e. The van der Waals surface area contributed by atoms with E-state index in [1.165, 1.54) is 6.33 Å². The van der Waals surface area contributed by atoms with E-state index in [-0.39, 0.29) is 12.6 Å². The lowest BCUT2D eigenvalue weighted by molar-refractivity contribution is -0.135. The van der Waals surface area contributed by atoms with E-state index in [0.29, 0.717) is 0 Å². The largest absolute Gasteiger partial charge is 0.480 e. The monoisotopic (exact) mass is 235 g/mol. The van der Waals surface area contributed by atoms with Crippen LogP contribution in [0.25, 0.3) is 0 Å². The summed E-state index contributed by atoms with van der Waals surface area (Å²) in [6.45, 7) is 3.94. The Labute approximate surface area is 100 Å². The number of carboxylic acids is 1. The molecule has 5 heteroatoms. The summed E-state index contributed by atoms with van der Waals surface area (Å²) in [5.41, 5.74) is 2.20. The number of hydrogen-bond donors (Lipinski definition) is 1. The molecule has 0 spiro atoms. The van der Waals surface area contributed by atoms with E-state index in [0.717, 1.165) is 36.3 Å². The standard InChI is InChI=1S/C12H17N3O2/c1-8(2)15(6-11(16)17)12-9-4-3-5-10(9)13-7-14-12/h7-8H,3-6H2,1-2H3,(H,16,17). The van der Waals surface area contributed by atoms with Crippen molar-refractivity contribution in [1.29, 1.82) is 0 Å². The van der Waals surface area contributed by atoms with Gasteiger partial charge in [0.25, 0.3) is 0 Å². The molecule has 1 aliphatic carbocycles. The van der Waals surface area contributed by atoms with Crippen LogP contribution >= 0.6 is 0 Å². The predicted octanol–water partition coefficient (Wildman–Crippen LogP) is 1.26. The Hall–Kier alpha value is -1.65. The van der Waals surface area contributed by atoms with Gasteiger partial charge in [-0.15, -0.1) is 0 Å². The van der Waals surface area contributed by atoms with Crippen molar-refractivity contribution >= 4 is 11.8 Å². The van der Waals surface area contributed by atoms with Crippen molar-refractivity contribution in [2.45, 2.75) is 39.2 Å². The first-order valence-corrected chi connectivity index (χ1v) is 5.90. The number of fused-ring (bicyclic) bond motifs is 1. The molecule has 0 saturated heterocycles. The maximum Gasteiger partial charge on any atom is 0.323 e. The van der Waals surface area contributed by atoms with Gasteiger partial charge in [-0.25, -0.2) is 9.97 Å². The molecule has 0 saturated carbocycles. The highest BCUT2D eigenvalue weighted by Gasteiger charge is 2.23. The average Bonchev–Trinajstić information content (AvgIpc) is 2.73. The summed E-state index contributed by atoms with van der Waals surface area (Å²) in [7, 11) is 0. The number of hydrogen-bond acceptors (Lipinski definition) is 4. The van der Waals surface area contributed by atoms with Crippen molar-refractivity contribution < 1.29 is 9.90 Å². The second-order valence-corrected chi connectivity index (χ2v) is 4.59. The third-order valence-electron chi connectivity index (χ3n) is 3.05. The molecule has 17 heavy (non-hydrogen) atoms. The van der Waals surface area contributed by atoms with Crippen molar-refractivity contribution in [2.24, 2.45) is 0 Å². The van der Waals surface area contributed by atoms with E-state index in [2.05, 4.69) is 9.97 Å². The van der Waals surface area contributed by atoms with Crippen molar-refractivity contribution in [3.8, 4) is 0 Å².